The molecule has 8 bridgehead atoms. The number of thiophene rings is 4. The molecule has 4 nitrogen and oxygen atoms in total. The number of aromatic nitrogens is 4. The summed E-state index contributed by atoms with van der Waals surface area (Å²) in [5, 5.41) is 8.51. The van der Waals surface area contributed by atoms with Gasteiger partial charge in [-0.15, -0.1) is 45.3 Å². The third kappa shape index (κ3) is 7.44. The van der Waals surface area contributed by atoms with E-state index in [-0.39, 0.29) is 0 Å². The lowest BCUT2D eigenvalue weighted by molar-refractivity contribution is 1.31. The zero-order valence-corrected chi connectivity index (χ0v) is 39.6. The summed E-state index contributed by atoms with van der Waals surface area (Å²) in [6.07, 6.45) is 8.69. The van der Waals surface area contributed by atoms with E-state index in [9.17, 15) is 0 Å². The van der Waals surface area contributed by atoms with E-state index in [0.717, 1.165) is 89.4 Å². The molecule has 68 heavy (non-hydrogen) atoms. The van der Waals surface area contributed by atoms with Crippen molar-refractivity contribution in [3.05, 3.63) is 214 Å². The van der Waals surface area contributed by atoms with Crippen LogP contribution in [0.4, 0.5) is 0 Å². The minimum atomic E-state index is 0.887. The van der Waals surface area contributed by atoms with Gasteiger partial charge in [0.25, 0.3) is 0 Å². The van der Waals surface area contributed by atoms with E-state index < -0.39 is 0 Å². The van der Waals surface area contributed by atoms with Crippen LogP contribution in [0.2, 0.25) is 0 Å². The van der Waals surface area contributed by atoms with Gasteiger partial charge in [-0.3, -0.25) is 0 Å². The molecule has 0 amide bonds. The molecule has 2 aliphatic rings. The second kappa shape index (κ2) is 17.2. The first-order chi connectivity index (χ1) is 33.7. The molecule has 11 aromatic rings. The number of H-pyrrole nitrogens is 2. The van der Waals surface area contributed by atoms with Crippen molar-refractivity contribution < 1.29 is 0 Å². The van der Waals surface area contributed by atoms with Crippen LogP contribution in [0.5, 0.6) is 0 Å². The Kier molecular flexibility index (Phi) is 10.2. The van der Waals surface area contributed by atoms with Gasteiger partial charge in [-0.05, 0) is 139 Å². The molecule has 0 fully saturated rings. The standard InChI is InChI=1S/C60H38N4S4/c1-5-53(65-33-1)37-9-17-41(18-10-37)57-45-25-27-47(61-45)58(42-19-11-38(12-20-42)54-6-2-34-66-54)49-29-31-51(63-49)60(44-23-15-40(16-24-44)56-8-4-36-68-56)52-32-30-50(64-52)59(48-28-26-46(57)62-48)43-21-13-39(14-22-43)55-7-3-35-67-55/h1-36,61,64H. The summed E-state index contributed by atoms with van der Waals surface area (Å²) in [5.74, 6) is 0. The van der Waals surface area contributed by atoms with Crippen molar-refractivity contribution in [2.45, 2.75) is 0 Å². The fraction of sp³-hybridized carbons (Fsp3) is 0. The normalized spacial score (nSPS) is 12.0. The Morgan fingerprint density at radius 2 is 0.471 bits per heavy atom. The quantitative estimate of drug-likeness (QED) is 0.159. The Hall–Kier alpha value is -7.72. The third-order valence-electron chi connectivity index (χ3n) is 12.7. The van der Waals surface area contributed by atoms with Crippen LogP contribution in [0.25, 0.3) is 133 Å². The van der Waals surface area contributed by atoms with Gasteiger partial charge < -0.3 is 9.97 Å². The predicted molar refractivity (Wildman–Crippen MR) is 294 cm³/mol. The molecule has 0 spiro atoms. The number of hydrogen-bond acceptors (Lipinski definition) is 6. The summed E-state index contributed by atoms with van der Waals surface area (Å²) in [6, 6.07) is 61.5. The second-order valence-corrected chi connectivity index (χ2v) is 20.5. The second-order valence-electron chi connectivity index (χ2n) is 16.7. The number of rotatable bonds is 8. The molecular formula is C60H38N4S4. The molecule has 0 aliphatic carbocycles. The van der Waals surface area contributed by atoms with Crippen molar-refractivity contribution in [1.82, 2.24) is 19.9 Å². The Balaban J connectivity index is 1.10. The Morgan fingerprint density at radius 1 is 0.250 bits per heavy atom. The summed E-state index contributed by atoms with van der Waals surface area (Å²) in [7, 11) is 0. The van der Waals surface area contributed by atoms with Gasteiger partial charge in [0, 0.05) is 63.8 Å². The summed E-state index contributed by atoms with van der Waals surface area (Å²) < 4.78 is 0. The average molecular weight is 943 g/mol. The third-order valence-corrected chi connectivity index (χ3v) is 16.3. The lowest BCUT2D eigenvalue weighted by Crippen LogP contribution is -1.90. The van der Waals surface area contributed by atoms with Crippen molar-refractivity contribution >= 4 is 91.7 Å². The first-order valence-electron chi connectivity index (χ1n) is 22.4. The lowest BCUT2D eigenvalue weighted by atomic mass is 10.0. The molecule has 2 aliphatic heterocycles. The highest BCUT2D eigenvalue weighted by atomic mass is 32.1. The van der Waals surface area contributed by atoms with E-state index in [4.69, 9.17) is 9.97 Å². The van der Waals surface area contributed by atoms with E-state index >= 15 is 0 Å². The SMILES string of the molecule is C1=Cc2nc1c(-c1ccc(-c3cccs3)cc1)c1ccc([nH]1)c(-c1ccc(-c3cccs3)cc1)c1nc(c(-c3ccc(-c4cccs4)cc3)c3ccc([nH]3)c2-c2ccc(-c3cccs3)cc2)C=C1. The summed E-state index contributed by atoms with van der Waals surface area (Å²) in [5.41, 5.74) is 20.6. The molecule has 7 aromatic heterocycles. The summed E-state index contributed by atoms with van der Waals surface area (Å²) in [4.78, 5) is 24.0. The van der Waals surface area contributed by atoms with Crippen molar-refractivity contribution in [3.63, 3.8) is 0 Å². The monoisotopic (exact) mass is 942 g/mol. The maximum absolute atomic E-state index is 5.57. The van der Waals surface area contributed by atoms with Gasteiger partial charge in [-0.2, -0.15) is 0 Å². The van der Waals surface area contributed by atoms with Gasteiger partial charge in [-0.1, -0.05) is 121 Å². The van der Waals surface area contributed by atoms with E-state index in [1.165, 1.54) is 41.8 Å². The fourth-order valence-corrected chi connectivity index (χ4v) is 12.3. The molecular weight excluding hydrogens is 905 g/mol. The lowest BCUT2D eigenvalue weighted by Gasteiger charge is -2.08. The van der Waals surface area contributed by atoms with Gasteiger partial charge in [0.15, 0.2) is 0 Å². The summed E-state index contributed by atoms with van der Waals surface area (Å²) >= 11 is 7.01. The number of nitrogens with one attached hydrogen (secondary N) is 2. The Bertz CT molecular complexity index is 3330. The van der Waals surface area contributed by atoms with Crippen LogP contribution in [-0.2, 0) is 0 Å². The van der Waals surface area contributed by atoms with E-state index in [2.05, 4.69) is 226 Å². The summed E-state index contributed by atoms with van der Waals surface area (Å²) in [6.45, 7) is 0. The maximum Gasteiger partial charge on any atom is 0.0737 e. The molecule has 2 N–H and O–H groups in total. The molecule has 0 unspecified atom stereocenters. The number of hydrogen-bond donors (Lipinski definition) is 2. The first kappa shape index (κ1) is 40.5. The number of aromatic amines is 2. The minimum absolute atomic E-state index is 0.887. The van der Waals surface area contributed by atoms with E-state index in [1.807, 2.05) is 0 Å². The van der Waals surface area contributed by atoms with Crippen molar-refractivity contribution in [1.29, 1.82) is 0 Å². The van der Waals surface area contributed by atoms with Crippen LogP contribution in [0.15, 0.2) is 191 Å². The molecule has 0 saturated heterocycles. The van der Waals surface area contributed by atoms with Crippen LogP contribution in [0.3, 0.4) is 0 Å². The van der Waals surface area contributed by atoms with Gasteiger partial charge in [-0.25, -0.2) is 9.97 Å². The average Bonchev–Trinajstić information content (AvgIpc) is 4.24. The van der Waals surface area contributed by atoms with Crippen LogP contribution in [-0.4, -0.2) is 19.9 Å². The molecule has 13 rings (SSSR count). The van der Waals surface area contributed by atoms with Gasteiger partial charge in [0.1, 0.15) is 0 Å². The molecule has 322 valence electrons. The van der Waals surface area contributed by atoms with Gasteiger partial charge in [0.2, 0.25) is 0 Å². The molecule has 0 saturated carbocycles. The zero-order chi connectivity index (χ0) is 45.0. The van der Waals surface area contributed by atoms with E-state index in [0.29, 0.717) is 0 Å². The highest BCUT2D eigenvalue weighted by molar-refractivity contribution is 7.14. The Labute approximate surface area is 409 Å². The van der Waals surface area contributed by atoms with Gasteiger partial charge in [0.05, 0.1) is 22.8 Å². The highest BCUT2D eigenvalue weighted by Gasteiger charge is 2.20. The molecule has 8 heteroatoms. The van der Waals surface area contributed by atoms with Crippen LogP contribution < -0.4 is 0 Å². The minimum Gasteiger partial charge on any atom is -0.354 e. The first-order valence-corrected chi connectivity index (χ1v) is 25.9. The highest BCUT2D eigenvalue weighted by Crippen LogP contribution is 2.41. The predicted octanol–water partition coefficient (Wildman–Crippen LogP) is 18.2. The number of benzene rings is 4. The van der Waals surface area contributed by atoms with Crippen molar-refractivity contribution in [2.75, 3.05) is 0 Å². The topological polar surface area (TPSA) is 57.4 Å². The molecule has 9 heterocycles. The van der Waals surface area contributed by atoms with E-state index in [1.54, 1.807) is 45.3 Å². The molecule has 4 aromatic carbocycles. The van der Waals surface area contributed by atoms with Crippen LogP contribution in [0.1, 0.15) is 22.8 Å². The Morgan fingerprint density at radius 3 is 0.676 bits per heavy atom. The smallest absolute Gasteiger partial charge is 0.0737 e. The fourth-order valence-electron chi connectivity index (χ4n) is 9.40. The van der Waals surface area contributed by atoms with Crippen molar-refractivity contribution in [2.24, 2.45) is 0 Å². The molecule has 0 radical (unpaired) electrons. The molecule has 0 atom stereocenters. The zero-order valence-electron chi connectivity index (χ0n) is 36.3. The van der Waals surface area contributed by atoms with Gasteiger partial charge >= 0.3 is 0 Å². The van der Waals surface area contributed by atoms with Crippen LogP contribution >= 0.6 is 45.3 Å². The van der Waals surface area contributed by atoms with Crippen LogP contribution in [0, 0.1) is 0 Å². The number of nitrogens with zero attached hydrogens (tertiary/aromatic N) is 2. The largest absolute Gasteiger partial charge is 0.354 e. The van der Waals surface area contributed by atoms with Crippen molar-refractivity contribution in [3.8, 4) is 86.3 Å². The number of fused-ring (bicyclic) bond motifs is 8. The maximum atomic E-state index is 5.57.